The van der Waals surface area contributed by atoms with Crippen LogP contribution in [0.3, 0.4) is 0 Å². The summed E-state index contributed by atoms with van der Waals surface area (Å²) >= 11 is 0. The van der Waals surface area contributed by atoms with Gasteiger partial charge in [-0.2, -0.15) is 10.2 Å². The number of hydrogen-bond acceptors (Lipinski definition) is 4. The maximum absolute atomic E-state index is 12.4. The topological polar surface area (TPSA) is 76.3 Å². The highest BCUT2D eigenvalue weighted by atomic mass is 16.2. The first-order valence-electron chi connectivity index (χ1n) is 7.64. The summed E-state index contributed by atoms with van der Waals surface area (Å²) in [6.07, 6.45) is 6.29. The number of aryl methyl sites for hydroxylation is 1. The van der Waals surface area contributed by atoms with E-state index in [0.29, 0.717) is 22.6 Å². The standard InChI is InChI=1S/C17H16N4O2/c1-21-17(23)13-7-3-2-6-12(13)15(20-21)16(22)19-18-14-9-10-5-4-8-11(10)14/h2-7,10-11H,8-9H2,1H3,(H,19,22)/b18-14-/t10-,11+/m0/s1. The molecule has 0 bridgehead atoms. The van der Waals surface area contributed by atoms with Gasteiger partial charge in [0.05, 0.1) is 5.39 Å². The van der Waals surface area contributed by atoms with Gasteiger partial charge in [0.15, 0.2) is 5.69 Å². The molecule has 1 heterocycles. The fraction of sp³-hybridized carbons (Fsp3) is 0.294. The van der Waals surface area contributed by atoms with Crippen LogP contribution in [0.25, 0.3) is 10.8 Å². The summed E-state index contributed by atoms with van der Waals surface area (Å²) in [6.45, 7) is 0. The molecule has 23 heavy (non-hydrogen) atoms. The minimum atomic E-state index is -0.390. The molecule has 0 aliphatic heterocycles. The molecule has 0 saturated heterocycles. The second-order valence-electron chi connectivity index (χ2n) is 6.01. The van der Waals surface area contributed by atoms with Crippen molar-refractivity contribution >= 4 is 22.4 Å². The zero-order valence-electron chi connectivity index (χ0n) is 12.7. The summed E-state index contributed by atoms with van der Waals surface area (Å²) in [5, 5.41) is 9.38. The number of hydrazone groups is 1. The second kappa shape index (κ2) is 5.15. The van der Waals surface area contributed by atoms with Gasteiger partial charge in [0, 0.05) is 24.1 Å². The van der Waals surface area contributed by atoms with E-state index in [1.807, 2.05) is 0 Å². The van der Waals surface area contributed by atoms with Crippen LogP contribution in [-0.4, -0.2) is 21.4 Å². The first-order chi connectivity index (χ1) is 11.1. The van der Waals surface area contributed by atoms with Gasteiger partial charge in [0.1, 0.15) is 0 Å². The van der Waals surface area contributed by atoms with Crippen molar-refractivity contribution in [3.8, 4) is 0 Å². The molecular formula is C17H16N4O2. The highest BCUT2D eigenvalue weighted by Crippen LogP contribution is 2.40. The average Bonchev–Trinajstić information content (AvgIpc) is 2.92. The Hall–Kier alpha value is -2.76. The normalized spacial score (nSPS) is 23.8. The van der Waals surface area contributed by atoms with Crippen molar-refractivity contribution in [3.05, 3.63) is 52.5 Å². The fourth-order valence-electron chi connectivity index (χ4n) is 3.31. The van der Waals surface area contributed by atoms with Gasteiger partial charge in [-0.15, -0.1) is 0 Å². The van der Waals surface area contributed by atoms with Crippen LogP contribution < -0.4 is 11.0 Å². The molecule has 1 N–H and O–H groups in total. The van der Waals surface area contributed by atoms with Crippen LogP contribution in [0.1, 0.15) is 23.3 Å². The van der Waals surface area contributed by atoms with Crippen LogP contribution in [-0.2, 0) is 7.05 Å². The molecule has 2 aliphatic carbocycles. The van der Waals surface area contributed by atoms with Gasteiger partial charge in [-0.1, -0.05) is 30.4 Å². The number of hydrogen-bond donors (Lipinski definition) is 1. The van der Waals surface area contributed by atoms with Crippen molar-refractivity contribution in [2.75, 3.05) is 0 Å². The summed E-state index contributed by atoms with van der Waals surface area (Å²) in [5.41, 5.74) is 3.62. The van der Waals surface area contributed by atoms with Crippen LogP contribution in [0.5, 0.6) is 0 Å². The van der Waals surface area contributed by atoms with Crippen molar-refractivity contribution < 1.29 is 4.79 Å². The van der Waals surface area contributed by atoms with Crippen LogP contribution in [0, 0.1) is 11.8 Å². The smallest absolute Gasteiger partial charge is 0.267 e. The number of carbonyl (C=O) groups excluding carboxylic acids is 1. The molecule has 116 valence electrons. The van der Waals surface area contributed by atoms with Crippen molar-refractivity contribution in [2.24, 2.45) is 24.0 Å². The van der Waals surface area contributed by atoms with Crippen molar-refractivity contribution in [1.82, 2.24) is 15.2 Å². The zero-order chi connectivity index (χ0) is 16.0. The largest absolute Gasteiger partial charge is 0.292 e. The van der Waals surface area contributed by atoms with E-state index >= 15 is 0 Å². The molecule has 4 rings (SSSR count). The lowest BCUT2D eigenvalue weighted by Gasteiger charge is -2.31. The lowest BCUT2D eigenvalue weighted by molar-refractivity contribution is 0.0948. The molecule has 1 aromatic heterocycles. The van der Waals surface area contributed by atoms with Crippen LogP contribution >= 0.6 is 0 Å². The molecule has 1 amide bonds. The Balaban J connectivity index is 1.64. The number of nitrogens with zero attached hydrogens (tertiary/aromatic N) is 3. The molecule has 1 aromatic carbocycles. The third-order valence-electron chi connectivity index (χ3n) is 4.64. The molecule has 2 aliphatic rings. The van der Waals surface area contributed by atoms with E-state index in [1.165, 1.54) is 11.7 Å². The highest BCUT2D eigenvalue weighted by Gasteiger charge is 2.38. The highest BCUT2D eigenvalue weighted by molar-refractivity contribution is 6.05. The van der Waals surface area contributed by atoms with Crippen LogP contribution in [0.4, 0.5) is 0 Å². The summed E-state index contributed by atoms with van der Waals surface area (Å²) in [4.78, 5) is 24.5. The quantitative estimate of drug-likeness (QED) is 0.676. The molecule has 0 radical (unpaired) electrons. The van der Waals surface area contributed by atoms with Gasteiger partial charge in [-0.25, -0.2) is 10.1 Å². The monoisotopic (exact) mass is 308 g/mol. The molecule has 2 atom stereocenters. The number of carbonyl (C=O) groups is 1. The Labute approximate surface area is 132 Å². The third-order valence-corrected chi connectivity index (χ3v) is 4.64. The molecule has 2 aromatic rings. The van der Waals surface area contributed by atoms with Gasteiger partial charge >= 0.3 is 0 Å². The second-order valence-corrected chi connectivity index (χ2v) is 6.01. The maximum Gasteiger partial charge on any atom is 0.292 e. The van der Waals surface area contributed by atoms with Gasteiger partial charge in [0.25, 0.3) is 11.5 Å². The Morgan fingerprint density at radius 2 is 2.13 bits per heavy atom. The van der Waals surface area contributed by atoms with E-state index in [-0.39, 0.29) is 11.3 Å². The summed E-state index contributed by atoms with van der Waals surface area (Å²) in [6, 6.07) is 6.98. The van der Waals surface area contributed by atoms with Crippen molar-refractivity contribution in [2.45, 2.75) is 12.8 Å². The third kappa shape index (κ3) is 2.18. The summed E-state index contributed by atoms with van der Waals surface area (Å²) in [5.74, 6) is 0.640. The van der Waals surface area contributed by atoms with E-state index in [0.717, 1.165) is 18.6 Å². The molecule has 6 nitrogen and oxygen atoms in total. The van der Waals surface area contributed by atoms with E-state index in [2.05, 4.69) is 27.8 Å². The van der Waals surface area contributed by atoms with E-state index in [9.17, 15) is 9.59 Å². The first-order valence-corrected chi connectivity index (χ1v) is 7.64. The predicted molar refractivity (Wildman–Crippen MR) is 87.2 cm³/mol. The van der Waals surface area contributed by atoms with Crippen molar-refractivity contribution in [3.63, 3.8) is 0 Å². The van der Waals surface area contributed by atoms with Crippen molar-refractivity contribution in [1.29, 1.82) is 0 Å². The van der Waals surface area contributed by atoms with Gasteiger partial charge in [0.2, 0.25) is 0 Å². The Morgan fingerprint density at radius 1 is 1.35 bits per heavy atom. The fourth-order valence-corrected chi connectivity index (χ4v) is 3.31. The Bertz CT molecular complexity index is 926. The number of allylic oxidation sites excluding steroid dienone is 2. The molecule has 6 heteroatoms. The number of amides is 1. The number of nitrogens with one attached hydrogen (secondary N) is 1. The lowest BCUT2D eigenvalue weighted by Crippen LogP contribution is -2.36. The SMILES string of the molecule is Cn1nc(C(=O)N/N=C2/C[C@@H]3C=CC[C@@H]23)c2ccccc2c1=O. The number of benzene rings is 1. The van der Waals surface area contributed by atoms with Crippen LogP contribution in [0.15, 0.2) is 46.3 Å². The number of fused-ring (bicyclic) bond motifs is 2. The zero-order valence-corrected chi connectivity index (χ0v) is 12.7. The van der Waals surface area contributed by atoms with Gasteiger partial charge in [-0.3, -0.25) is 9.59 Å². The number of rotatable bonds is 2. The number of aromatic nitrogens is 2. The molecule has 1 saturated carbocycles. The lowest BCUT2D eigenvalue weighted by atomic mass is 9.74. The first kappa shape index (κ1) is 13.9. The molecule has 0 spiro atoms. The summed E-state index contributed by atoms with van der Waals surface area (Å²) < 4.78 is 1.19. The Kier molecular flexibility index (Phi) is 3.11. The van der Waals surface area contributed by atoms with Gasteiger partial charge in [-0.05, 0) is 24.8 Å². The average molecular weight is 308 g/mol. The summed E-state index contributed by atoms with van der Waals surface area (Å²) in [7, 11) is 1.54. The van der Waals surface area contributed by atoms with Crippen LogP contribution in [0.2, 0.25) is 0 Å². The van der Waals surface area contributed by atoms with E-state index in [1.54, 1.807) is 24.3 Å². The maximum atomic E-state index is 12.4. The van der Waals surface area contributed by atoms with E-state index in [4.69, 9.17) is 0 Å². The predicted octanol–water partition coefficient (Wildman–Crippen LogP) is 1.62. The van der Waals surface area contributed by atoms with Gasteiger partial charge < -0.3 is 0 Å². The minimum absolute atomic E-state index is 0.215. The minimum Gasteiger partial charge on any atom is -0.267 e. The molecular weight excluding hydrogens is 292 g/mol. The Morgan fingerprint density at radius 3 is 2.91 bits per heavy atom. The molecule has 0 unspecified atom stereocenters. The van der Waals surface area contributed by atoms with E-state index < -0.39 is 5.91 Å². The molecule has 1 fully saturated rings.